The van der Waals surface area contributed by atoms with E-state index in [9.17, 15) is 19.2 Å². The van der Waals surface area contributed by atoms with Crippen molar-refractivity contribution in [3.8, 4) is 0 Å². The highest BCUT2D eigenvalue weighted by Gasteiger charge is 2.55. The smallest absolute Gasteiger partial charge is 0.247 e. The summed E-state index contributed by atoms with van der Waals surface area (Å²) in [5.74, 6) is 1.10. The van der Waals surface area contributed by atoms with Crippen LogP contribution in [0.2, 0.25) is 0 Å². The third kappa shape index (κ3) is 10.3. The lowest BCUT2D eigenvalue weighted by Crippen LogP contribution is -2.56. The summed E-state index contributed by atoms with van der Waals surface area (Å²) in [7, 11) is 3.67. The summed E-state index contributed by atoms with van der Waals surface area (Å²) in [6, 6.07) is 13.5. The van der Waals surface area contributed by atoms with E-state index in [1.54, 1.807) is 33.3 Å². The van der Waals surface area contributed by atoms with E-state index in [0.29, 0.717) is 34.2 Å². The van der Waals surface area contributed by atoms with Gasteiger partial charge in [-0.05, 0) is 124 Å². The van der Waals surface area contributed by atoms with Crippen molar-refractivity contribution >= 4 is 92.9 Å². The lowest BCUT2D eigenvalue weighted by atomic mass is 9.84. The first-order chi connectivity index (χ1) is 28.4. The fourth-order valence-corrected chi connectivity index (χ4v) is 12.5. The minimum atomic E-state index is -0.614. The average molecular weight is 895 g/mol. The van der Waals surface area contributed by atoms with Crippen molar-refractivity contribution in [1.29, 1.82) is 0 Å². The second-order valence-corrected chi connectivity index (χ2v) is 21.4. The van der Waals surface area contributed by atoms with Gasteiger partial charge >= 0.3 is 0 Å². The van der Waals surface area contributed by atoms with Crippen LogP contribution in [0, 0.1) is 10.8 Å². The fraction of sp³-hybridized carbons (Fsp3) is 0.591. The Labute approximate surface area is 375 Å². The molecule has 2 aromatic rings. The Balaban J connectivity index is 1.04. The van der Waals surface area contributed by atoms with Gasteiger partial charge in [0.05, 0.1) is 32.8 Å². The van der Waals surface area contributed by atoms with Crippen LogP contribution in [0.3, 0.4) is 0 Å². The highest BCUT2D eigenvalue weighted by Crippen LogP contribution is 2.48. The second kappa shape index (κ2) is 19.4. The van der Waals surface area contributed by atoms with Crippen LogP contribution in [0.1, 0.15) is 78.4 Å². The number of thioether (sulfide) groups is 2. The van der Waals surface area contributed by atoms with Crippen LogP contribution >= 0.6 is 48.0 Å². The third-order valence-corrected chi connectivity index (χ3v) is 16.0. The molecule has 6 N–H and O–H groups in total. The van der Waals surface area contributed by atoms with Gasteiger partial charge in [0.15, 0.2) is 0 Å². The Kier molecular flexibility index (Phi) is 15.0. The summed E-state index contributed by atoms with van der Waals surface area (Å²) in [6.45, 7) is 12.2. The number of benzene rings is 2. The number of hydrogen-bond acceptors (Lipinski definition) is 10. The van der Waals surface area contributed by atoms with Crippen molar-refractivity contribution in [1.82, 2.24) is 31.1 Å². The molecular formula is C44H62N8O4S4. The van der Waals surface area contributed by atoms with Crippen LogP contribution in [0.15, 0.2) is 48.5 Å². The maximum atomic E-state index is 14.0. The number of carbonyl (C=O) groups excluding carboxylic acids is 4. The Morgan fingerprint density at radius 3 is 1.35 bits per heavy atom. The Morgan fingerprint density at radius 2 is 1.02 bits per heavy atom. The molecule has 16 heteroatoms. The van der Waals surface area contributed by atoms with Gasteiger partial charge in [0.2, 0.25) is 23.6 Å². The second-order valence-electron chi connectivity index (χ2n) is 17.9. The summed E-state index contributed by atoms with van der Waals surface area (Å²) in [6.07, 6.45) is 4.35. The molecule has 4 amide bonds. The third-order valence-electron chi connectivity index (χ3n) is 12.5. The van der Waals surface area contributed by atoms with Gasteiger partial charge in [-0.3, -0.25) is 19.2 Å². The zero-order chi connectivity index (χ0) is 43.5. The molecule has 0 spiro atoms. The number of fused-ring (bicyclic) bond motifs is 2. The lowest BCUT2D eigenvalue weighted by Gasteiger charge is -2.34. The fourth-order valence-electron chi connectivity index (χ4n) is 8.78. The number of aryl methyl sites for hydroxylation is 2. The maximum Gasteiger partial charge on any atom is 0.247 e. The Morgan fingerprint density at radius 1 is 0.667 bits per heavy atom. The molecule has 4 heterocycles. The molecule has 4 aliphatic rings. The summed E-state index contributed by atoms with van der Waals surface area (Å²) in [4.78, 5) is 60.7. The number of hydrogen-bond donors (Lipinski definition) is 6. The van der Waals surface area contributed by atoms with E-state index in [2.05, 4.69) is 59.6 Å². The molecule has 0 aromatic heterocycles. The average Bonchev–Trinajstić information content (AvgIpc) is 3.53. The molecular weight excluding hydrogens is 833 g/mol. The Hall–Kier alpha value is -3.28. The van der Waals surface area contributed by atoms with Gasteiger partial charge < -0.3 is 41.7 Å². The molecule has 4 fully saturated rings. The first-order valence-corrected chi connectivity index (χ1v) is 24.0. The summed E-state index contributed by atoms with van der Waals surface area (Å²) in [5, 5.41) is 18.9. The van der Waals surface area contributed by atoms with E-state index < -0.39 is 35.0 Å². The van der Waals surface area contributed by atoms with Crippen molar-refractivity contribution in [3.63, 3.8) is 0 Å². The van der Waals surface area contributed by atoms with Gasteiger partial charge in [-0.25, -0.2) is 0 Å². The van der Waals surface area contributed by atoms with Crippen LogP contribution in [0.4, 0.5) is 11.4 Å². The van der Waals surface area contributed by atoms with Crippen LogP contribution in [-0.2, 0) is 32.0 Å². The molecule has 326 valence electrons. The predicted molar refractivity (Wildman–Crippen MR) is 253 cm³/mol. The van der Waals surface area contributed by atoms with Gasteiger partial charge in [-0.2, -0.15) is 0 Å². The van der Waals surface area contributed by atoms with Crippen molar-refractivity contribution < 1.29 is 19.2 Å². The molecule has 60 heavy (non-hydrogen) atoms. The first kappa shape index (κ1) is 46.2. The molecule has 8 atom stereocenters. The largest absolute Gasteiger partial charge is 0.367 e. The van der Waals surface area contributed by atoms with Crippen molar-refractivity contribution in [2.24, 2.45) is 10.8 Å². The van der Waals surface area contributed by atoms with Gasteiger partial charge in [0.25, 0.3) is 0 Å². The summed E-state index contributed by atoms with van der Waals surface area (Å²) < 4.78 is 0. The number of thiocarbonyl (C=S) groups is 2. The van der Waals surface area contributed by atoms with Crippen LogP contribution < -0.4 is 31.9 Å². The van der Waals surface area contributed by atoms with Crippen molar-refractivity contribution in [2.45, 2.75) is 127 Å². The normalized spacial score (nSPS) is 26.8. The molecule has 2 aromatic carbocycles. The molecule has 0 aliphatic carbocycles. The quantitative estimate of drug-likeness (QED) is 0.145. The number of nitrogens with zero attached hydrogens (tertiary/aromatic N) is 2. The van der Waals surface area contributed by atoms with E-state index >= 15 is 0 Å². The van der Waals surface area contributed by atoms with E-state index in [4.69, 9.17) is 24.4 Å². The molecule has 0 radical (unpaired) electrons. The minimum Gasteiger partial charge on any atom is -0.367 e. The predicted octanol–water partition coefficient (Wildman–Crippen LogP) is 5.32. The highest BCUT2D eigenvalue weighted by molar-refractivity contribution is 8.00. The zero-order valence-electron chi connectivity index (χ0n) is 36.1. The Bertz CT molecular complexity index is 1790. The summed E-state index contributed by atoms with van der Waals surface area (Å²) >= 11 is 14.6. The number of carbonyl (C=O) groups is 4. The molecule has 12 nitrogen and oxygen atoms in total. The monoisotopic (exact) mass is 894 g/mol. The minimum absolute atomic E-state index is 0.0656. The van der Waals surface area contributed by atoms with E-state index in [-0.39, 0.29) is 46.5 Å². The van der Waals surface area contributed by atoms with Gasteiger partial charge in [0.1, 0.15) is 24.2 Å². The van der Waals surface area contributed by atoms with Crippen LogP contribution in [0.5, 0.6) is 0 Å². The van der Waals surface area contributed by atoms with E-state index in [1.165, 1.54) is 0 Å². The molecule has 4 saturated heterocycles. The standard InChI is InChI=1S/C44H62N8O4S4/c1-25(45-7)39(57)49-31-19-21-59-33-23-43(3,4)35(51(33)41(31)55)37(53)47-29-15-11-27(12-16-29)9-10-28-13-17-30(18-14-28)48-38(54)36-44(5,6)24-34-52(36)42(56)32(20-22-60-34)50-40(58)26(2)46-8/h11-18,25-26,31-36,45-46H,9-10,19-24H2,1-8H3,(H,47,53)(H,48,54)(H,49,57)(H,50,58)/t25-,26-,31-,32-,33-,34+,35?,36+/m0/s1. The van der Waals surface area contributed by atoms with Gasteiger partial charge in [-0.1, -0.05) is 76.4 Å². The lowest BCUT2D eigenvalue weighted by molar-refractivity contribution is -0.140. The first-order valence-electron chi connectivity index (χ1n) is 21.1. The highest BCUT2D eigenvalue weighted by atomic mass is 32.2. The summed E-state index contributed by atoms with van der Waals surface area (Å²) in [5.41, 5.74) is 2.81. The number of amides is 4. The molecule has 0 saturated carbocycles. The SMILES string of the molecule is CN[C@@H](C)C(=S)N[C@H]1CCS[C@H]2CC(C)(C)C(C(=O)Nc3ccc(CCc4ccc(NC(=O)[C@H]5N6C(=O)[C@@H](NC(=S)[C@H](C)NC)CCS[C@@H]6CC5(C)C)cc4)cc3)N2C1=O. The van der Waals surface area contributed by atoms with Gasteiger partial charge in [0, 0.05) is 11.4 Å². The van der Waals surface area contributed by atoms with Crippen molar-refractivity contribution in [3.05, 3.63) is 59.7 Å². The molecule has 1 unspecified atom stereocenters. The van der Waals surface area contributed by atoms with E-state index in [0.717, 1.165) is 48.3 Å². The number of nitrogens with one attached hydrogen (secondary N) is 6. The van der Waals surface area contributed by atoms with Crippen LogP contribution in [-0.4, -0.2) is 116 Å². The number of rotatable bonds is 13. The number of anilines is 2. The molecule has 0 bridgehead atoms. The topological polar surface area (TPSA) is 147 Å². The zero-order valence-corrected chi connectivity index (χ0v) is 39.3. The molecule has 4 aliphatic heterocycles. The number of likely N-dealkylation sites (N-methyl/N-ethyl adjacent to an activating group) is 2. The van der Waals surface area contributed by atoms with Crippen molar-refractivity contribution in [2.75, 3.05) is 36.2 Å². The molecule has 6 rings (SSSR count). The van der Waals surface area contributed by atoms with Crippen LogP contribution in [0.25, 0.3) is 0 Å². The van der Waals surface area contributed by atoms with Gasteiger partial charge in [-0.15, -0.1) is 23.5 Å². The maximum absolute atomic E-state index is 14.0. The van der Waals surface area contributed by atoms with E-state index in [1.807, 2.05) is 76.5 Å².